The van der Waals surface area contributed by atoms with Crippen molar-refractivity contribution in [1.29, 1.82) is 0 Å². The summed E-state index contributed by atoms with van der Waals surface area (Å²) in [6.07, 6.45) is 0. The lowest BCUT2D eigenvalue weighted by atomic mass is 10.0. The quantitative estimate of drug-likeness (QED) is 0.658. The number of rotatable bonds is 4. The molecule has 0 N–H and O–H groups in total. The maximum Gasteiger partial charge on any atom is 0.131 e. The summed E-state index contributed by atoms with van der Waals surface area (Å²) in [6, 6.07) is 8.89. The molecule has 2 aromatic rings. The van der Waals surface area contributed by atoms with E-state index in [2.05, 4.69) is 15.9 Å². The van der Waals surface area contributed by atoms with Gasteiger partial charge in [-0.25, -0.2) is 8.78 Å². The fourth-order valence-corrected chi connectivity index (χ4v) is 2.67. The van der Waals surface area contributed by atoms with E-state index in [1.165, 1.54) is 18.2 Å². The fraction of sp³-hybridized carbons (Fsp3) is 0.200. The van der Waals surface area contributed by atoms with Crippen LogP contribution in [0, 0.1) is 11.6 Å². The molecule has 1 unspecified atom stereocenters. The van der Waals surface area contributed by atoms with Crippen LogP contribution in [0.5, 0.6) is 5.75 Å². The second-order valence-corrected chi connectivity index (χ2v) is 5.47. The highest BCUT2D eigenvalue weighted by atomic mass is 79.9. The average molecular weight is 362 g/mol. The second-order valence-electron chi connectivity index (χ2n) is 4.11. The number of benzene rings is 2. The Hall–Kier alpha value is -1.13. The molecule has 0 aliphatic heterocycles. The molecule has 0 bridgehead atoms. The van der Waals surface area contributed by atoms with E-state index in [0.717, 1.165) is 4.47 Å². The van der Waals surface area contributed by atoms with Crippen LogP contribution in [-0.2, 0) is 0 Å². The van der Waals surface area contributed by atoms with Crippen LogP contribution in [0.1, 0.15) is 23.4 Å². The first-order chi connectivity index (χ1) is 9.54. The molecular formula is C15H12BrClF2O. The highest BCUT2D eigenvalue weighted by Gasteiger charge is 2.23. The summed E-state index contributed by atoms with van der Waals surface area (Å²) in [4.78, 5) is 0. The molecule has 20 heavy (non-hydrogen) atoms. The Labute approximate surface area is 129 Å². The van der Waals surface area contributed by atoms with Gasteiger partial charge in [-0.3, -0.25) is 0 Å². The lowest BCUT2D eigenvalue weighted by Gasteiger charge is -2.17. The SMILES string of the molecule is CCOc1ccc(Br)cc1C(Cl)c1c(F)cccc1F. The molecule has 0 aromatic heterocycles. The van der Waals surface area contributed by atoms with Gasteiger partial charge in [0.2, 0.25) is 0 Å². The Morgan fingerprint density at radius 2 is 1.85 bits per heavy atom. The van der Waals surface area contributed by atoms with E-state index < -0.39 is 17.0 Å². The first-order valence-electron chi connectivity index (χ1n) is 6.04. The van der Waals surface area contributed by atoms with Crippen LogP contribution in [0.3, 0.4) is 0 Å². The van der Waals surface area contributed by atoms with Crippen molar-refractivity contribution in [1.82, 2.24) is 0 Å². The van der Waals surface area contributed by atoms with Crippen LogP contribution in [0.4, 0.5) is 8.78 Å². The Morgan fingerprint density at radius 3 is 2.45 bits per heavy atom. The molecule has 1 atom stereocenters. The summed E-state index contributed by atoms with van der Waals surface area (Å²) in [7, 11) is 0. The zero-order valence-corrected chi connectivity index (χ0v) is 13.0. The standard InChI is InChI=1S/C15H12BrClF2O/c1-2-20-13-7-6-9(16)8-10(13)15(17)14-11(18)4-3-5-12(14)19/h3-8,15H,2H2,1H3. The van der Waals surface area contributed by atoms with Crippen LogP contribution >= 0.6 is 27.5 Å². The highest BCUT2D eigenvalue weighted by molar-refractivity contribution is 9.10. The number of hydrogen-bond acceptors (Lipinski definition) is 1. The zero-order valence-electron chi connectivity index (χ0n) is 10.7. The van der Waals surface area contributed by atoms with Gasteiger partial charge in [-0.15, -0.1) is 11.6 Å². The van der Waals surface area contributed by atoms with Crippen molar-refractivity contribution in [3.05, 3.63) is 63.6 Å². The molecule has 5 heteroatoms. The van der Waals surface area contributed by atoms with Gasteiger partial charge in [-0.1, -0.05) is 22.0 Å². The Balaban J connectivity index is 2.52. The van der Waals surface area contributed by atoms with Crippen molar-refractivity contribution in [3.63, 3.8) is 0 Å². The fourth-order valence-electron chi connectivity index (χ4n) is 1.91. The molecule has 0 saturated heterocycles. The lowest BCUT2D eigenvalue weighted by Crippen LogP contribution is -2.04. The number of hydrogen-bond donors (Lipinski definition) is 0. The molecule has 0 aliphatic carbocycles. The van der Waals surface area contributed by atoms with Crippen molar-refractivity contribution in [2.75, 3.05) is 6.61 Å². The van der Waals surface area contributed by atoms with E-state index in [0.29, 0.717) is 17.9 Å². The molecule has 0 spiro atoms. The summed E-state index contributed by atoms with van der Waals surface area (Å²) < 4.78 is 33.9. The summed E-state index contributed by atoms with van der Waals surface area (Å²) in [5.41, 5.74) is 0.347. The Bertz CT molecular complexity index is 599. The monoisotopic (exact) mass is 360 g/mol. The van der Waals surface area contributed by atoms with Crippen LogP contribution in [-0.4, -0.2) is 6.61 Å². The molecule has 2 rings (SSSR count). The second kappa shape index (κ2) is 6.55. The van der Waals surface area contributed by atoms with Gasteiger partial charge in [0.25, 0.3) is 0 Å². The summed E-state index contributed by atoms with van der Waals surface area (Å²) in [5.74, 6) is -0.835. The van der Waals surface area contributed by atoms with Gasteiger partial charge < -0.3 is 4.74 Å². The minimum atomic E-state index is -0.963. The Morgan fingerprint density at radius 1 is 1.20 bits per heavy atom. The third kappa shape index (κ3) is 3.13. The maximum atomic E-state index is 13.8. The average Bonchev–Trinajstić information content (AvgIpc) is 2.40. The number of ether oxygens (including phenoxy) is 1. The van der Waals surface area contributed by atoms with Crippen LogP contribution in [0.25, 0.3) is 0 Å². The molecule has 106 valence electrons. The van der Waals surface area contributed by atoms with E-state index in [9.17, 15) is 8.78 Å². The number of alkyl halides is 1. The van der Waals surface area contributed by atoms with Gasteiger partial charge in [0, 0.05) is 15.6 Å². The normalized spacial score (nSPS) is 12.2. The topological polar surface area (TPSA) is 9.23 Å². The summed E-state index contributed by atoms with van der Waals surface area (Å²) in [6.45, 7) is 2.27. The zero-order chi connectivity index (χ0) is 14.7. The van der Waals surface area contributed by atoms with E-state index in [1.807, 2.05) is 6.92 Å². The molecule has 0 saturated carbocycles. The molecule has 0 heterocycles. The maximum absolute atomic E-state index is 13.8. The van der Waals surface area contributed by atoms with Crippen LogP contribution in [0.2, 0.25) is 0 Å². The largest absolute Gasteiger partial charge is 0.494 e. The minimum absolute atomic E-state index is 0.173. The predicted octanol–water partition coefficient (Wildman–Crippen LogP) is 5.45. The van der Waals surface area contributed by atoms with Crippen molar-refractivity contribution < 1.29 is 13.5 Å². The van der Waals surface area contributed by atoms with E-state index in [-0.39, 0.29) is 5.56 Å². The third-order valence-corrected chi connectivity index (χ3v) is 3.74. The molecule has 0 aliphatic rings. The molecule has 2 aromatic carbocycles. The van der Waals surface area contributed by atoms with E-state index >= 15 is 0 Å². The van der Waals surface area contributed by atoms with Crippen molar-refractivity contribution in [2.45, 2.75) is 12.3 Å². The smallest absolute Gasteiger partial charge is 0.131 e. The van der Waals surface area contributed by atoms with E-state index in [4.69, 9.17) is 16.3 Å². The highest BCUT2D eigenvalue weighted by Crippen LogP contribution is 2.38. The van der Waals surface area contributed by atoms with Crippen molar-refractivity contribution >= 4 is 27.5 Å². The minimum Gasteiger partial charge on any atom is -0.494 e. The van der Waals surface area contributed by atoms with Gasteiger partial charge in [-0.2, -0.15) is 0 Å². The molecule has 0 fully saturated rings. The van der Waals surface area contributed by atoms with Crippen LogP contribution < -0.4 is 4.74 Å². The number of halogens is 4. The summed E-state index contributed by atoms with van der Waals surface area (Å²) >= 11 is 9.60. The van der Waals surface area contributed by atoms with Gasteiger partial charge >= 0.3 is 0 Å². The molecule has 0 radical (unpaired) electrons. The van der Waals surface area contributed by atoms with Crippen molar-refractivity contribution in [2.24, 2.45) is 0 Å². The van der Waals surface area contributed by atoms with Crippen LogP contribution in [0.15, 0.2) is 40.9 Å². The third-order valence-electron chi connectivity index (χ3n) is 2.80. The molecule has 0 amide bonds. The van der Waals surface area contributed by atoms with Gasteiger partial charge in [0.15, 0.2) is 0 Å². The predicted molar refractivity (Wildman–Crippen MR) is 79.4 cm³/mol. The van der Waals surface area contributed by atoms with Crippen molar-refractivity contribution in [3.8, 4) is 5.75 Å². The van der Waals surface area contributed by atoms with E-state index in [1.54, 1.807) is 18.2 Å². The molecule has 1 nitrogen and oxygen atoms in total. The Kier molecular flexibility index (Phi) is 5.00. The lowest BCUT2D eigenvalue weighted by molar-refractivity contribution is 0.336. The first-order valence-corrected chi connectivity index (χ1v) is 7.27. The van der Waals surface area contributed by atoms with Gasteiger partial charge in [0.1, 0.15) is 17.4 Å². The first kappa shape index (κ1) is 15.3. The molecular weight excluding hydrogens is 350 g/mol. The van der Waals surface area contributed by atoms with Gasteiger partial charge in [-0.05, 0) is 37.3 Å². The summed E-state index contributed by atoms with van der Waals surface area (Å²) in [5, 5.41) is -0.963. The van der Waals surface area contributed by atoms with Gasteiger partial charge in [0.05, 0.1) is 12.0 Å².